The molecule has 0 saturated heterocycles. The van der Waals surface area contributed by atoms with Crippen LogP contribution in [-0.2, 0) is 11.3 Å². The van der Waals surface area contributed by atoms with Crippen molar-refractivity contribution >= 4 is 5.91 Å². The standard InChI is InChI=1S/C19H23NO3/c1-19(2,14-23-13-15-9-5-4-6-10-15)20-18(21)16-11-7-8-12-17(16)22-3/h4-12H,13-14H2,1-3H3,(H,20,21). The molecule has 0 radical (unpaired) electrons. The Morgan fingerprint density at radius 3 is 2.39 bits per heavy atom. The Kier molecular flexibility index (Phi) is 5.77. The molecule has 0 fully saturated rings. The van der Waals surface area contributed by atoms with E-state index in [1.165, 1.54) is 0 Å². The lowest BCUT2D eigenvalue weighted by Gasteiger charge is -2.26. The monoisotopic (exact) mass is 313 g/mol. The minimum atomic E-state index is -0.479. The van der Waals surface area contributed by atoms with Crippen LogP contribution in [0, 0.1) is 0 Å². The molecular formula is C19H23NO3. The van der Waals surface area contributed by atoms with E-state index >= 15 is 0 Å². The molecule has 0 aliphatic heterocycles. The molecule has 2 aromatic carbocycles. The first-order valence-electron chi connectivity index (χ1n) is 7.59. The minimum Gasteiger partial charge on any atom is -0.496 e. The minimum absolute atomic E-state index is 0.171. The predicted octanol–water partition coefficient (Wildman–Crippen LogP) is 3.42. The van der Waals surface area contributed by atoms with Gasteiger partial charge in [0.1, 0.15) is 5.75 Å². The van der Waals surface area contributed by atoms with E-state index in [-0.39, 0.29) is 5.91 Å². The zero-order valence-corrected chi connectivity index (χ0v) is 13.8. The highest BCUT2D eigenvalue weighted by Crippen LogP contribution is 2.18. The van der Waals surface area contributed by atoms with Gasteiger partial charge in [0, 0.05) is 0 Å². The smallest absolute Gasteiger partial charge is 0.255 e. The molecule has 0 aromatic heterocycles. The van der Waals surface area contributed by atoms with Gasteiger partial charge in [0.15, 0.2) is 0 Å². The van der Waals surface area contributed by atoms with E-state index in [1.54, 1.807) is 19.2 Å². The SMILES string of the molecule is COc1ccccc1C(=O)NC(C)(C)COCc1ccccc1. The van der Waals surface area contributed by atoms with E-state index in [9.17, 15) is 4.79 Å². The van der Waals surface area contributed by atoms with Crippen molar-refractivity contribution in [2.45, 2.75) is 26.0 Å². The third-order valence-electron chi connectivity index (χ3n) is 3.38. The summed E-state index contributed by atoms with van der Waals surface area (Å²) in [5, 5.41) is 2.99. The number of rotatable bonds is 7. The van der Waals surface area contributed by atoms with Gasteiger partial charge in [-0.2, -0.15) is 0 Å². The lowest BCUT2D eigenvalue weighted by atomic mass is 10.1. The van der Waals surface area contributed by atoms with Crippen LogP contribution in [0.2, 0.25) is 0 Å². The summed E-state index contributed by atoms with van der Waals surface area (Å²) in [6, 6.07) is 17.1. The van der Waals surface area contributed by atoms with Crippen molar-refractivity contribution in [1.29, 1.82) is 0 Å². The first kappa shape index (κ1) is 17.0. The molecular weight excluding hydrogens is 290 g/mol. The molecule has 0 aliphatic rings. The summed E-state index contributed by atoms with van der Waals surface area (Å²) in [4.78, 5) is 12.4. The molecule has 0 aliphatic carbocycles. The second-order valence-corrected chi connectivity index (χ2v) is 6.02. The van der Waals surface area contributed by atoms with Gasteiger partial charge in [-0.1, -0.05) is 42.5 Å². The molecule has 0 bridgehead atoms. The molecule has 0 spiro atoms. The van der Waals surface area contributed by atoms with Crippen molar-refractivity contribution in [2.75, 3.05) is 13.7 Å². The van der Waals surface area contributed by atoms with Crippen LogP contribution in [0.5, 0.6) is 5.75 Å². The Labute approximate surface area is 137 Å². The van der Waals surface area contributed by atoms with Gasteiger partial charge in [0.25, 0.3) is 5.91 Å². The molecule has 122 valence electrons. The van der Waals surface area contributed by atoms with Gasteiger partial charge in [0.2, 0.25) is 0 Å². The molecule has 0 atom stereocenters. The zero-order chi connectivity index (χ0) is 16.7. The lowest BCUT2D eigenvalue weighted by molar-refractivity contribution is 0.0615. The first-order chi connectivity index (χ1) is 11.0. The summed E-state index contributed by atoms with van der Waals surface area (Å²) < 4.78 is 11.0. The van der Waals surface area contributed by atoms with Crippen molar-refractivity contribution in [1.82, 2.24) is 5.32 Å². The number of ether oxygens (including phenoxy) is 2. The second-order valence-electron chi connectivity index (χ2n) is 6.02. The summed E-state index contributed by atoms with van der Waals surface area (Å²) in [5.41, 5.74) is 1.15. The Hall–Kier alpha value is -2.33. The molecule has 2 rings (SSSR count). The fourth-order valence-electron chi connectivity index (χ4n) is 2.24. The van der Waals surface area contributed by atoms with Crippen molar-refractivity contribution in [3.63, 3.8) is 0 Å². The maximum atomic E-state index is 12.4. The van der Waals surface area contributed by atoms with Gasteiger partial charge in [-0.05, 0) is 31.5 Å². The van der Waals surface area contributed by atoms with Crippen molar-refractivity contribution in [3.8, 4) is 5.75 Å². The van der Waals surface area contributed by atoms with Crippen molar-refractivity contribution in [3.05, 3.63) is 65.7 Å². The molecule has 1 N–H and O–H groups in total. The topological polar surface area (TPSA) is 47.6 Å². The Balaban J connectivity index is 1.91. The Morgan fingerprint density at radius 1 is 1.04 bits per heavy atom. The number of methoxy groups -OCH3 is 1. The van der Waals surface area contributed by atoms with Crippen molar-refractivity contribution < 1.29 is 14.3 Å². The number of hydrogen-bond acceptors (Lipinski definition) is 3. The third-order valence-corrected chi connectivity index (χ3v) is 3.38. The molecule has 23 heavy (non-hydrogen) atoms. The first-order valence-corrected chi connectivity index (χ1v) is 7.59. The van der Waals surface area contributed by atoms with Gasteiger partial charge >= 0.3 is 0 Å². The summed E-state index contributed by atoms with van der Waals surface area (Å²) in [6.45, 7) is 4.81. The zero-order valence-electron chi connectivity index (χ0n) is 13.8. The summed E-state index contributed by atoms with van der Waals surface area (Å²) in [5.74, 6) is 0.391. The fraction of sp³-hybridized carbons (Fsp3) is 0.316. The Morgan fingerprint density at radius 2 is 1.70 bits per heavy atom. The predicted molar refractivity (Wildman–Crippen MR) is 90.6 cm³/mol. The average Bonchev–Trinajstić information content (AvgIpc) is 2.55. The van der Waals surface area contributed by atoms with E-state index in [0.717, 1.165) is 5.56 Å². The average molecular weight is 313 g/mol. The van der Waals surface area contributed by atoms with Crippen molar-refractivity contribution in [2.24, 2.45) is 0 Å². The number of carbonyl (C=O) groups is 1. The molecule has 4 heteroatoms. The highest BCUT2D eigenvalue weighted by atomic mass is 16.5. The highest BCUT2D eigenvalue weighted by molar-refractivity contribution is 5.97. The molecule has 0 unspecified atom stereocenters. The van der Waals surface area contributed by atoms with E-state index in [2.05, 4.69) is 5.32 Å². The maximum Gasteiger partial charge on any atom is 0.255 e. The molecule has 4 nitrogen and oxygen atoms in total. The van der Waals surface area contributed by atoms with Gasteiger partial charge in [0.05, 0.1) is 31.4 Å². The number of benzene rings is 2. The van der Waals surface area contributed by atoms with Crippen LogP contribution in [0.4, 0.5) is 0 Å². The third kappa shape index (κ3) is 5.11. The lowest BCUT2D eigenvalue weighted by Crippen LogP contribution is -2.47. The van der Waals surface area contributed by atoms with Crippen LogP contribution in [0.3, 0.4) is 0 Å². The van der Waals surface area contributed by atoms with E-state index in [1.807, 2.05) is 56.3 Å². The summed E-state index contributed by atoms with van der Waals surface area (Å²) in [7, 11) is 1.56. The number of nitrogens with one attached hydrogen (secondary N) is 1. The van der Waals surface area contributed by atoms with Gasteiger partial charge < -0.3 is 14.8 Å². The number of para-hydroxylation sites is 1. The highest BCUT2D eigenvalue weighted by Gasteiger charge is 2.23. The van der Waals surface area contributed by atoms with Gasteiger partial charge in [-0.3, -0.25) is 4.79 Å². The van der Waals surface area contributed by atoms with E-state index in [4.69, 9.17) is 9.47 Å². The second kappa shape index (κ2) is 7.79. The number of carbonyl (C=O) groups excluding carboxylic acids is 1. The molecule has 2 aromatic rings. The number of hydrogen-bond donors (Lipinski definition) is 1. The fourth-order valence-corrected chi connectivity index (χ4v) is 2.24. The van der Waals surface area contributed by atoms with Crippen LogP contribution in [0.25, 0.3) is 0 Å². The maximum absolute atomic E-state index is 12.4. The van der Waals surface area contributed by atoms with E-state index in [0.29, 0.717) is 24.5 Å². The quantitative estimate of drug-likeness (QED) is 0.852. The molecule has 0 saturated carbocycles. The van der Waals surface area contributed by atoms with Gasteiger partial charge in [-0.15, -0.1) is 0 Å². The van der Waals surface area contributed by atoms with Crippen LogP contribution < -0.4 is 10.1 Å². The molecule has 0 heterocycles. The number of amides is 1. The summed E-state index contributed by atoms with van der Waals surface area (Å²) >= 11 is 0. The van der Waals surface area contributed by atoms with Crippen LogP contribution in [-0.4, -0.2) is 25.2 Å². The van der Waals surface area contributed by atoms with Crippen LogP contribution in [0.15, 0.2) is 54.6 Å². The Bertz CT molecular complexity index is 638. The van der Waals surface area contributed by atoms with Crippen LogP contribution >= 0.6 is 0 Å². The largest absolute Gasteiger partial charge is 0.496 e. The van der Waals surface area contributed by atoms with Crippen LogP contribution in [0.1, 0.15) is 29.8 Å². The van der Waals surface area contributed by atoms with E-state index < -0.39 is 5.54 Å². The summed E-state index contributed by atoms with van der Waals surface area (Å²) in [6.07, 6.45) is 0. The van der Waals surface area contributed by atoms with Gasteiger partial charge in [-0.25, -0.2) is 0 Å². The normalized spacial score (nSPS) is 11.1. The molecule has 1 amide bonds.